The van der Waals surface area contributed by atoms with Gasteiger partial charge in [0.25, 0.3) is 0 Å². The largest absolute Gasteiger partial charge is 0.456 e. The van der Waals surface area contributed by atoms with E-state index in [0.717, 1.165) is 11.1 Å². The summed E-state index contributed by atoms with van der Waals surface area (Å²) in [5.74, 6) is -0.541. The lowest BCUT2D eigenvalue weighted by molar-refractivity contribution is -0.140. The smallest absolute Gasteiger partial charge is 0.354 e. The first-order valence-electron chi connectivity index (χ1n) is 6.85. The number of ether oxygens (including phenoxy) is 1. The highest BCUT2D eigenvalue weighted by Gasteiger charge is 2.07. The second kappa shape index (κ2) is 7.65. The van der Waals surface area contributed by atoms with Gasteiger partial charge in [-0.1, -0.05) is 42.5 Å². The van der Waals surface area contributed by atoms with Crippen molar-refractivity contribution in [3.63, 3.8) is 0 Å². The minimum atomic E-state index is -0.541. The lowest BCUT2D eigenvalue weighted by Crippen LogP contribution is -2.15. The Balaban J connectivity index is 1.91. The number of allylic oxidation sites excluding steroid dienone is 1. The number of hydrogen-bond acceptors (Lipinski definition) is 4. The predicted octanol–water partition coefficient (Wildman–Crippen LogP) is 2.69. The summed E-state index contributed by atoms with van der Waals surface area (Å²) in [7, 11) is 0. The molecule has 0 spiro atoms. The van der Waals surface area contributed by atoms with Crippen LogP contribution in [0.1, 0.15) is 16.7 Å². The zero-order valence-electron chi connectivity index (χ0n) is 12.0. The molecule has 0 saturated heterocycles. The fourth-order valence-corrected chi connectivity index (χ4v) is 1.89. The van der Waals surface area contributed by atoms with E-state index >= 15 is 0 Å². The van der Waals surface area contributed by atoms with Gasteiger partial charge in [-0.05, 0) is 35.8 Å². The van der Waals surface area contributed by atoms with Crippen molar-refractivity contribution in [1.82, 2.24) is 0 Å². The van der Waals surface area contributed by atoms with Gasteiger partial charge in [0.2, 0.25) is 0 Å². The number of nitrogens with zero attached hydrogens (tertiary/aromatic N) is 1. The molecule has 22 heavy (non-hydrogen) atoms. The predicted molar refractivity (Wildman–Crippen MR) is 83.4 cm³/mol. The molecule has 0 radical (unpaired) electrons. The molecular formula is C18H16N2O2. The van der Waals surface area contributed by atoms with Crippen molar-refractivity contribution in [3.8, 4) is 6.07 Å². The molecule has 4 heteroatoms. The SMILES string of the molecule is N#Cc1cccc(C/C=C(/N)C(=O)OCc2ccccc2)c1. The average Bonchev–Trinajstić information content (AvgIpc) is 2.58. The van der Waals surface area contributed by atoms with Gasteiger partial charge in [-0.2, -0.15) is 5.26 Å². The Hall–Kier alpha value is -3.06. The maximum Gasteiger partial charge on any atom is 0.354 e. The number of nitrogens with two attached hydrogens (primary N) is 1. The normalized spacial score (nSPS) is 10.8. The van der Waals surface area contributed by atoms with Crippen LogP contribution in [0.15, 0.2) is 66.4 Å². The Bertz CT molecular complexity index is 715. The first-order valence-corrected chi connectivity index (χ1v) is 6.85. The molecule has 0 atom stereocenters. The Morgan fingerprint density at radius 3 is 2.59 bits per heavy atom. The van der Waals surface area contributed by atoms with E-state index in [0.29, 0.717) is 12.0 Å². The van der Waals surface area contributed by atoms with Crippen LogP contribution >= 0.6 is 0 Å². The van der Waals surface area contributed by atoms with E-state index in [1.54, 1.807) is 24.3 Å². The summed E-state index contributed by atoms with van der Waals surface area (Å²) in [4.78, 5) is 11.8. The van der Waals surface area contributed by atoms with Gasteiger partial charge in [0.05, 0.1) is 11.6 Å². The van der Waals surface area contributed by atoms with Crippen LogP contribution < -0.4 is 5.73 Å². The Morgan fingerprint density at radius 2 is 1.86 bits per heavy atom. The van der Waals surface area contributed by atoms with E-state index in [-0.39, 0.29) is 12.3 Å². The number of rotatable bonds is 5. The molecule has 0 aliphatic heterocycles. The van der Waals surface area contributed by atoms with Crippen molar-refractivity contribution in [2.24, 2.45) is 5.73 Å². The lowest BCUT2D eigenvalue weighted by Gasteiger charge is -2.05. The number of hydrogen-bond donors (Lipinski definition) is 1. The van der Waals surface area contributed by atoms with Crippen LogP contribution in [0.4, 0.5) is 0 Å². The van der Waals surface area contributed by atoms with Gasteiger partial charge in [-0.3, -0.25) is 0 Å². The van der Waals surface area contributed by atoms with Crippen LogP contribution in [0.5, 0.6) is 0 Å². The molecule has 0 unspecified atom stereocenters. The molecule has 0 aliphatic carbocycles. The zero-order valence-corrected chi connectivity index (χ0v) is 12.0. The number of esters is 1. The van der Waals surface area contributed by atoms with E-state index in [4.69, 9.17) is 15.7 Å². The molecule has 110 valence electrons. The Morgan fingerprint density at radius 1 is 1.14 bits per heavy atom. The zero-order chi connectivity index (χ0) is 15.8. The quantitative estimate of drug-likeness (QED) is 0.679. The molecule has 0 aliphatic rings. The van der Waals surface area contributed by atoms with Crippen LogP contribution in [0.25, 0.3) is 0 Å². The molecule has 2 aromatic carbocycles. The Kier molecular flexibility index (Phi) is 5.33. The summed E-state index contributed by atoms with van der Waals surface area (Å²) in [6.07, 6.45) is 2.08. The van der Waals surface area contributed by atoms with Gasteiger partial charge in [-0.15, -0.1) is 0 Å². The van der Waals surface area contributed by atoms with Crippen molar-refractivity contribution in [2.75, 3.05) is 0 Å². The summed E-state index contributed by atoms with van der Waals surface area (Å²) in [6, 6.07) is 18.6. The molecular weight excluding hydrogens is 276 g/mol. The van der Waals surface area contributed by atoms with Crippen molar-refractivity contribution in [2.45, 2.75) is 13.0 Å². The third-order valence-electron chi connectivity index (χ3n) is 3.06. The summed E-state index contributed by atoms with van der Waals surface area (Å²) >= 11 is 0. The maximum atomic E-state index is 11.8. The van der Waals surface area contributed by atoms with Gasteiger partial charge in [-0.25, -0.2) is 4.79 Å². The van der Waals surface area contributed by atoms with Crippen molar-refractivity contribution < 1.29 is 9.53 Å². The van der Waals surface area contributed by atoms with Crippen molar-refractivity contribution in [3.05, 3.63) is 83.1 Å². The topological polar surface area (TPSA) is 76.1 Å². The standard InChI is InChI=1S/C18H16N2O2/c19-12-16-8-4-7-14(11-16)9-10-17(20)18(21)22-13-15-5-2-1-3-6-15/h1-8,10-11H,9,13,20H2/b17-10+. The van der Waals surface area contributed by atoms with E-state index < -0.39 is 5.97 Å². The summed E-state index contributed by atoms with van der Waals surface area (Å²) in [5.41, 5.74) is 8.19. The molecule has 0 bridgehead atoms. The van der Waals surface area contributed by atoms with E-state index in [9.17, 15) is 4.79 Å². The molecule has 0 heterocycles. The third kappa shape index (κ3) is 4.50. The number of benzene rings is 2. The molecule has 2 aromatic rings. The van der Waals surface area contributed by atoms with Crippen molar-refractivity contribution in [1.29, 1.82) is 5.26 Å². The molecule has 2 rings (SSSR count). The second-order valence-corrected chi connectivity index (χ2v) is 4.74. The molecule has 0 fully saturated rings. The fourth-order valence-electron chi connectivity index (χ4n) is 1.89. The number of carbonyl (C=O) groups is 1. The van der Waals surface area contributed by atoms with Gasteiger partial charge < -0.3 is 10.5 Å². The van der Waals surface area contributed by atoms with Gasteiger partial charge in [0.1, 0.15) is 12.3 Å². The maximum absolute atomic E-state index is 11.8. The summed E-state index contributed by atoms with van der Waals surface area (Å²) < 4.78 is 5.14. The first kappa shape index (κ1) is 15.3. The fraction of sp³-hybridized carbons (Fsp3) is 0.111. The molecule has 0 amide bonds. The van der Waals surface area contributed by atoms with Crippen LogP contribution in [0.3, 0.4) is 0 Å². The van der Waals surface area contributed by atoms with Gasteiger partial charge in [0, 0.05) is 0 Å². The molecule has 0 saturated carbocycles. The molecule has 0 aromatic heterocycles. The first-order chi connectivity index (χ1) is 10.7. The van der Waals surface area contributed by atoms with E-state index in [1.807, 2.05) is 36.4 Å². The minimum Gasteiger partial charge on any atom is -0.456 e. The minimum absolute atomic E-state index is 0.0679. The summed E-state index contributed by atoms with van der Waals surface area (Å²) in [5, 5.41) is 8.84. The van der Waals surface area contributed by atoms with Crippen LogP contribution in [0.2, 0.25) is 0 Å². The average molecular weight is 292 g/mol. The van der Waals surface area contributed by atoms with Gasteiger partial charge >= 0.3 is 5.97 Å². The Labute approximate surface area is 129 Å². The van der Waals surface area contributed by atoms with E-state index in [2.05, 4.69) is 6.07 Å². The van der Waals surface area contributed by atoms with E-state index in [1.165, 1.54) is 0 Å². The summed E-state index contributed by atoms with van der Waals surface area (Å²) in [6.45, 7) is 0.193. The lowest BCUT2D eigenvalue weighted by atomic mass is 10.1. The second-order valence-electron chi connectivity index (χ2n) is 4.74. The molecule has 4 nitrogen and oxygen atoms in total. The number of carbonyl (C=O) groups excluding carboxylic acids is 1. The highest BCUT2D eigenvalue weighted by atomic mass is 16.5. The van der Waals surface area contributed by atoms with Crippen LogP contribution in [0, 0.1) is 11.3 Å². The highest BCUT2D eigenvalue weighted by molar-refractivity contribution is 5.87. The molecule has 2 N–H and O–H groups in total. The van der Waals surface area contributed by atoms with Crippen molar-refractivity contribution >= 4 is 5.97 Å². The number of nitriles is 1. The monoisotopic (exact) mass is 292 g/mol. The third-order valence-corrected chi connectivity index (χ3v) is 3.06. The van der Waals surface area contributed by atoms with Crippen LogP contribution in [-0.4, -0.2) is 5.97 Å². The highest BCUT2D eigenvalue weighted by Crippen LogP contribution is 2.07. The van der Waals surface area contributed by atoms with Crippen LogP contribution in [-0.2, 0) is 22.6 Å². The van der Waals surface area contributed by atoms with Gasteiger partial charge in [0.15, 0.2) is 0 Å².